The summed E-state index contributed by atoms with van der Waals surface area (Å²) >= 11 is 0. The molecule has 0 aliphatic heterocycles. The lowest BCUT2D eigenvalue weighted by Crippen LogP contribution is -2.25. The van der Waals surface area contributed by atoms with Crippen LogP contribution < -0.4 is 5.32 Å². The van der Waals surface area contributed by atoms with Crippen LogP contribution in [0.2, 0.25) is 0 Å². The van der Waals surface area contributed by atoms with E-state index >= 15 is 0 Å². The van der Waals surface area contributed by atoms with Crippen molar-refractivity contribution < 1.29 is 5.11 Å². The highest BCUT2D eigenvalue weighted by molar-refractivity contribution is 7.17. The van der Waals surface area contributed by atoms with E-state index < -0.39 is 6.10 Å². The smallest absolute Gasteiger partial charge is 0.0977 e. The number of nitrogens with one attached hydrogen (secondary N) is 1. The summed E-state index contributed by atoms with van der Waals surface area (Å²) in [4.78, 5) is 0. The molecule has 0 aromatic heterocycles. The van der Waals surface area contributed by atoms with Gasteiger partial charge in [-0.05, 0) is 12.6 Å². The third kappa shape index (κ3) is 2.28. The Morgan fingerprint density at radius 3 is 2.42 bits per heavy atom. The second-order valence-electron chi connectivity index (χ2n) is 2.67. The highest BCUT2D eigenvalue weighted by Gasteiger charge is 2.13. The third-order valence-electron chi connectivity index (χ3n) is 1.81. The first kappa shape index (κ1) is 9.66. The van der Waals surface area contributed by atoms with Crippen LogP contribution in [0.1, 0.15) is 11.7 Å². The quantitative estimate of drug-likeness (QED) is 0.689. The summed E-state index contributed by atoms with van der Waals surface area (Å²) < 4.78 is 0. The maximum Gasteiger partial charge on any atom is 0.0977 e. The molecule has 3 atom stereocenters. The number of benzene rings is 1. The van der Waals surface area contributed by atoms with Gasteiger partial charge < -0.3 is 10.4 Å². The summed E-state index contributed by atoms with van der Waals surface area (Å²) in [7, 11) is 4.38. The first-order chi connectivity index (χ1) is 5.75. The van der Waals surface area contributed by atoms with Gasteiger partial charge in [0, 0.05) is 0 Å². The second kappa shape index (κ2) is 4.56. The van der Waals surface area contributed by atoms with Crippen molar-refractivity contribution in [3.05, 3.63) is 35.9 Å². The summed E-state index contributed by atoms with van der Waals surface area (Å²) in [5, 5.41) is 12.7. The number of hydrogen-bond donors (Lipinski definition) is 2. The van der Waals surface area contributed by atoms with Crippen LogP contribution in [-0.2, 0) is 0 Å². The molecule has 0 radical (unpaired) electrons. The van der Waals surface area contributed by atoms with E-state index in [4.69, 9.17) is 0 Å². The van der Waals surface area contributed by atoms with Crippen molar-refractivity contribution in [1.82, 2.24) is 5.32 Å². The molecule has 12 heavy (non-hydrogen) atoms. The Morgan fingerprint density at radius 2 is 1.92 bits per heavy atom. The van der Waals surface area contributed by atoms with E-state index in [1.54, 1.807) is 0 Å². The molecule has 0 saturated heterocycles. The minimum atomic E-state index is -0.457. The lowest BCUT2D eigenvalue weighted by atomic mass is 10.1. The minimum absolute atomic E-state index is 0.00685. The van der Waals surface area contributed by atoms with Gasteiger partial charge >= 0.3 is 0 Å². The second-order valence-corrected chi connectivity index (χ2v) is 3.39. The molecule has 2 nitrogen and oxygen atoms in total. The number of hydrogen-bond acceptors (Lipinski definition) is 2. The molecule has 2 N–H and O–H groups in total. The highest BCUT2D eigenvalue weighted by atomic mass is 31.0. The van der Waals surface area contributed by atoms with Gasteiger partial charge in [-0.2, -0.15) is 0 Å². The lowest BCUT2D eigenvalue weighted by Gasteiger charge is -2.17. The SMILES string of the molecule is CN[C@H](P)[C@H](O)c1ccccc1. The predicted octanol–water partition coefficient (Wildman–Crippen LogP) is 1.14. The minimum Gasteiger partial charge on any atom is -0.386 e. The standard InChI is InChI=1S/C9H14NOP/c1-10-9(12)8(11)7-5-3-2-4-6-7/h2-6,8-11H,12H2,1H3/t8-,9-/m1/s1. The van der Waals surface area contributed by atoms with E-state index in [-0.39, 0.29) is 5.78 Å². The average molecular weight is 183 g/mol. The molecule has 0 aliphatic carbocycles. The summed E-state index contributed by atoms with van der Waals surface area (Å²) in [6.07, 6.45) is -0.457. The van der Waals surface area contributed by atoms with Gasteiger partial charge in [0.15, 0.2) is 0 Å². The Kier molecular flexibility index (Phi) is 3.67. The van der Waals surface area contributed by atoms with Crippen molar-refractivity contribution in [3.63, 3.8) is 0 Å². The van der Waals surface area contributed by atoms with E-state index in [9.17, 15) is 5.11 Å². The molecule has 0 spiro atoms. The van der Waals surface area contributed by atoms with E-state index in [2.05, 4.69) is 14.6 Å². The molecule has 0 fully saturated rings. The van der Waals surface area contributed by atoms with Crippen LogP contribution in [0, 0.1) is 0 Å². The Hall–Kier alpha value is -0.430. The molecule has 3 heteroatoms. The first-order valence-electron chi connectivity index (χ1n) is 3.91. The molecule has 0 amide bonds. The Balaban J connectivity index is 2.71. The number of aliphatic hydroxyl groups is 1. The van der Waals surface area contributed by atoms with Gasteiger partial charge in [-0.1, -0.05) is 30.3 Å². The monoisotopic (exact) mass is 183 g/mol. The summed E-state index contributed by atoms with van der Waals surface area (Å²) in [5.74, 6) is 0.00685. The van der Waals surface area contributed by atoms with Crippen LogP contribution in [-0.4, -0.2) is 17.9 Å². The number of likely N-dealkylation sites (N-methyl/N-ethyl adjacent to an activating group) is 1. The average Bonchev–Trinajstić information content (AvgIpc) is 2.17. The van der Waals surface area contributed by atoms with Crippen molar-refractivity contribution in [3.8, 4) is 0 Å². The van der Waals surface area contributed by atoms with Crippen LogP contribution in [0.4, 0.5) is 0 Å². The molecule has 0 saturated carbocycles. The number of aliphatic hydroxyl groups excluding tert-OH is 1. The molecule has 0 aliphatic rings. The van der Waals surface area contributed by atoms with E-state index in [0.29, 0.717) is 0 Å². The zero-order valence-corrected chi connectivity index (χ0v) is 8.22. The van der Waals surface area contributed by atoms with Gasteiger partial charge in [0.2, 0.25) is 0 Å². The Labute approximate surface area is 75.2 Å². The molecule has 66 valence electrons. The fourth-order valence-electron chi connectivity index (χ4n) is 1.02. The Morgan fingerprint density at radius 1 is 1.33 bits per heavy atom. The maximum absolute atomic E-state index is 9.71. The topological polar surface area (TPSA) is 32.3 Å². The van der Waals surface area contributed by atoms with Crippen molar-refractivity contribution >= 4 is 9.24 Å². The largest absolute Gasteiger partial charge is 0.386 e. The molecular weight excluding hydrogens is 169 g/mol. The highest BCUT2D eigenvalue weighted by Crippen LogP contribution is 2.19. The normalized spacial score (nSPS) is 15.6. The van der Waals surface area contributed by atoms with E-state index in [0.717, 1.165) is 5.56 Å². The van der Waals surface area contributed by atoms with Crippen molar-refractivity contribution in [1.29, 1.82) is 0 Å². The first-order valence-corrected chi connectivity index (χ1v) is 4.58. The summed E-state index contributed by atoms with van der Waals surface area (Å²) in [5.41, 5.74) is 0.937. The molecule has 0 bridgehead atoms. The molecular formula is C9H14NOP. The fraction of sp³-hybridized carbons (Fsp3) is 0.333. The van der Waals surface area contributed by atoms with Gasteiger partial charge in [-0.3, -0.25) is 0 Å². The molecule has 1 aromatic rings. The van der Waals surface area contributed by atoms with Crippen molar-refractivity contribution in [2.24, 2.45) is 0 Å². The molecule has 1 rings (SSSR count). The van der Waals surface area contributed by atoms with Crippen LogP contribution in [0.15, 0.2) is 30.3 Å². The number of rotatable bonds is 3. The van der Waals surface area contributed by atoms with Crippen molar-refractivity contribution in [2.75, 3.05) is 7.05 Å². The molecule has 0 heterocycles. The molecule has 1 unspecified atom stereocenters. The molecule has 1 aromatic carbocycles. The Bertz CT molecular complexity index is 227. The summed E-state index contributed by atoms with van der Waals surface area (Å²) in [6, 6.07) is 9.61. The third-order valence-corrected chi connectivity index (χ3v) is 2.51. The summed E-state index contributed by atoms with van der Waals surface area (Å²) in [6.45, 7) is 0. The van der Waals surface area contributed by atoms with Crippen LogP contribution >= 0.6 is 9.24 Å². The fourth-order valence-corrected chi connectivity index (χ4v) is 1.24. The zero-order chi connectivity index (χ0) is 8.97. The van der Waals surface area contributed by atoms with E-state index in [1.165, 1.54) is 0 Å². The van der Waals surface area contributed by atoms with Crippen LogP contribution in [0.5, 0.6) is 0 Å². The van der Waals surface area contributed by atoms with Gasteiger partial charge in [-0.25, -0.2) is 0 Å². The van der Waals surface area contributed by atoms with E-state index in [1.807, 2.05) is 37.4 Å². The van der Waals surface area contributed by atoms with Gasteiger partial charge in [-0.15, -0.1) is 9.24 Å². The van der Waals surface area contributed by atoms with Gasteiger partial charge in [0.25, 0.3) is 0 Å². The van der Waals surface area contributed by atoms with Crippen molar-refractivity contribution in [2.45, 2.75) is 11.9 Å². The maximum atomic E-state index is 9.71. The van der Waals surface area contributed by atoms with Crippen LogP contribution in [0.3, 0.4) is 0 Å². The zero-order valence-electron chi connectivity index (χ0n) is 7.07. The van der Waals surface area contributed by atoms with Gasteiger partial charge in [0.1, 0.15) is 0 Å². The predicted molar refractivity (Wildman–Crippen MR) is 54.0 cm³/mol. The van der Waals surface area contributed by atoms with Crippen LogP contribution in [0.25, 0.3) is 0 Å². The lowest BCUT2D eigenvalue weighted by molar-refractivity contribution is 0.165. The van der Waals surface area contributed by atoms with Gasteiger partial charge in [0.05, 0.1) is 11.9 Å².